The van der Waals surface area contributed by atoms with E-state index < -0.39 is 15.7 Å². The Morgan fingerprint density at radius 1 is 1.39 bits per heavy atom. The summed E-state index contributed by atoms with van der Waals surface area (Å²) < 4.78 is 38.0. The van der Waals surface area contributed by atoms with E-state index >= 15 is 0 Å². The van der Waals surface area contributed by atoms with Gasteiger partial charge in [0.2, 0.25) is 0 Å². The second kappa shape index (κ2) is 4.97. The van der Waals surface area contributed by atoms with E-state index in [0.717, 1.165) is 0 Å². The van der Waals surface area contributed by atoms with Crippen molar-refractivity contribution in [2.45, 2.75) is 43.7 Å². The quantitative estimate of drug-likeness (QED) is 0.898. The zero-order chi connectivity index (χ0) is 13.3. The first-order valence-corrected chi connectivity index (χ1v) is 7.84. The molecule has 5 heteroatoms. The van der Waals surface area contributed by atoms with Gasteiger partial charge in [-0.25, -0.2) is 12.8 Å². The predicted octanol–water partition coefficient (Wildman–Crippen LogP) is 2.43. The van der Waals surface area contributed by atoms with Crippen molar-refractivity contribution in [1.29, 1.82) is 0 Å². The van der Waals surface area contributed by atoms with Gasteiger partial charge in [-0.2, -0.15) is 0 Å². The molecule has 1 aliphatic heterocycles. The van der Waals surface area contributed by atoms with E-state index in [1.165, 1.54) is 6.07 Å². The van der Waals surface area contributed by atoms with Gasteiger partial charge in [0, 0.05) is 12.1 Å². The second-order valence-electron chi connectivity index (χ2n) is 4.99. The third-order valence-corrected chi connectivity index (χ3v) is 5.00. The molecule has 1 N–H and O–H groups in total. The van der Waals surface area contributed by atoms with Crippen molar-refractivity contribution >= 4 is 9.84 Å². The van der Waals surface area contributed by atoms with Crippen LogP contribution in [0.3, 0.4) is 0 Å². The maximum absolute atomic E-state index is 13.9. The number of hydrogen-bond donors (Lipinski definition) is 1. The minimum Gasteiger partial charge on any atom is -0.308 e. The molecule has 0 saturated carbocycles. The molecular weight excluding hydrogens is 253 g/mol. The molecule has 1 heterocycles. The van der Waals surface area contributed by atoms with Crippen LogP contribution < -0.4 is 5.32 Å². The number of sulfone groups is 1. The first-order chi connectivity index (χ1) is 8.42. The van der Waals surface area contributed by atoms with Crippen molar-refractivity contribution in [1.82, 2.24) is 5.32 Å². The highest BCUT2D eigenvalue weighted by molar-refractivity contribution is 7.91. The molecule has 0 bridgehead atoms. The van der Waals surface area contributed by atoms with E-state index in [4.69, 9.17) is 0 Å². The molecule has 1 aromatic rings. The van der Waals surface area contributed by atoms with Gasteiger partial charge in [0.25, 0.3) is 0 Å². The summed E-state index contributed by atoms with van der Waals surface area (Å²) in [6.07, 6.45) is 1.27. The fourth-order valence-corrected chi connectivity index (χ4v) is 4.12. The van der Waals surface area contributed by atoms with Crippen LogP contribution in [0.15, 0.2) is 23.1 Å². The van der Waals surface area contributed by atoms with Crippen LogP contribution in [-0.2, 0) is 9.84 Å². The Morgan fingerprint density at radius 2 is 2.11 bits per heavy atom. The number of halogens is 1. The molecule has 0 amide bonds. The number of fused-ring (bicyclic) bond motifs is 1. The Balaban J connectivity index is 2.56. The van der Waals surface area contributed by atoms with Gasteiger partial charge in [0.1, 0.15) is 10.7 Å². The molecule has 3 nitrogen and oxygen atoms in total. The molecule has 0 aromatic heterocycles. The molecular formula is C13H18FNO2S. The van der Waals surface area contributed by atoms with Crippen LogP contribution in [0, 0.1) is 5.82 Å². The minimum atomic E-state index is -3.49. The maximum Gasteiger partial charge on any atom is 0.181 e. The number of benzene rings is 1. The van der Waals surface area contributed by atoms with Crippen LogP contribution in [0.1, 0.15) is 38.3 Å². The van der Waals surface area contributed by atoms with E-state index in [-0.39, 0.29) is 22.7 Å². The summed E-state index contributed by atoms with van der Waals surface area (Å²) in [7, 11) is -3.49. The molecule has 1 atom stereocenters. The van der Waals surface area contributed by atoms with Gasteiger partial charge in [-0.05, 0) is 24.5 Å². The highest BCUT2D eigenvalue weighted by Gasteiger charge is 2.30. The smallest absolute Gasteiger partial charge is 0.181 e. The van der Waals surface area contributed by atoms with Crippen molar-refractivity contribution < 1.29 is 12.8 Å². The van der Waals surface area contributed by atoms with Crippen LogP contribution in [0.4, 0.5) is 4.39 Å². The molecule has 1 unspecified atom stereocenters. The van der Waals surface area contributed by atoms with Gasteiger partial charge in [-0.3, -0.25) is 0 Å². The van der Waals surface area contributed by atoms with Gasteiger partial charge in [0.05, 0.1) is 5.75 Å². The molecule has 1 aliphatic rings. The molecule has 0 fully saturated rings. The van der Waals surface area contributed by atoms with Crippen LogP contribution in [-0.4, -0.2) is 20.2 Å². The van der Waals surface area contributed by atoms with Gasteiger partial charge >= 0.3 is 0 Å². The van der Waals surface area contributed by atoms with Crippen molar-refractivity contribution in [2.75, 3.05) is 5.75 Å². The van der Waals surface area contributed by atoms with Crippen LogP contribution in [0.25, 0.3) is 0 Å². The number of hydrogen-bond acceptors (Lipinski definition) is 3. The number of rotatable bonds is 2. The van der Waals surface area contributed by atoms with E-state index in [0.29, 0.717) is 18.4 Å². The van der Waals surface area contributed by atoms with Crippen molar-refractivity contribution in [3.8, 4) is 0 Å². The highest BCUT2D eigenvalue weighted by atomic mass is 32.2. The van der Waals surface area contributed by atoms with Gasteiger partial charge in [-0.1, -0.05) is 26.0 Å². The summed E-state index contributed by atoms with van der Waals surface area (Å²) in [6, 6.07) is 4.64. The fraction of sp³-hybridized carbons (Fsp3) is 0.538. The third kappa shape index (κ3) is 2.57. The Hall–Kier alpha value is -0.940. The summed E-state index contributed by atoms with van der Waals surface area (Å²) >= 11 is 0. The van der Waals surface area contributed by atoms with Gasteiger partial charge in [0.15, 0.2) is 9.84 Å². The van der Waals surface area contributed by atoms with Crippen molar-refractivity contribution in [2.24, 2.45) is 0 Å². The normalized spacial score (nSPS) is 22.6. The summed E-state index contributed by atoms with van der Waals surface area (Å²) in [6.45, 7) is 4.00. The minimum absolute atomic E-state index is 0.0250. The first kappa shape index (κ1) is 13.5. The largest absolute Gasteiger partial charge is 0.308 e. The lowest BCUT2D eigenvalue weighted by Gasteiger charge is -2.21. The lowest BCUT2D eigenvalue weighted by molar-refractivity contribution is 0.443. The third-order valence-electron chi connectivity index (χ3n) is 3.12. The van der Waals surface area contributed by atoms with Gasteiger partial charge in [-0.15, -0.1) is 0 Å². The molecule has 0 spiro atoms. The van der Waals surface area contributed by atoms with Crippen LogP contribution in [0.5, 0.6) is 0 Å². The molecule has 0 aliphatic carbocycles. The average molecular weight is 271 g/mol. The Morgan fingerprint density at radius 3 is 2.78 bits per heavy atom. The van der Waals surface area contributed by atoms with Crippen LogP contribution in [0.2, 0.25) is 0 Å². The maximum atomic E-state index is 13.9. The standard InChI is InChI=1S/C13H18FNO2S/c1-9(2)15-12-7-4-8-18(16,17)13-10(12)5-3-6-11(13)14/h3,5-6,9,12,15H,4,7-8H2,1-2H3. The topological polar surface area (TPSA) is 46.2 Å². The van der Waals surface area contributed by atoms with Crippen molar-refractivity contribution in [3.63, 3.8) is 0 Å². The molecule has 100 valence electrons. The zero-order valence-electron chi connectivity index (χ0n) is 10.6. The Labute approximate surface area is 107 Å². The number of nitrogens with one attached hydrogen (secondary N) is 1. The molecule has 1 aromatic carbocycles. The second-order valence-corrected chi connectivity index (χ2v) is 7.04. The lowest BCUT2D eigenvalue weighted by Crippen LogP contribution is -2.28. The first-order valence-electron chi connectivity index (χ1n) is 6.19. The summed E-state index contributed by atoms with van der Waals surface area (Å²) in [5.41, 5.74) is 0.571. The van der Waals surface area contributed by atoms with E-state index in [1.807, 2.05) is 13.8 Å². The zero-order valence-corrected chi connectivity index (χ0v) is 11.4. The van der Waals surface area contributed by atoms with Crippen LogP contribution >= 0.6 is 0 Å². The monoisotopic (exact) mass is 271 g/mol. The molecule has 0 radical (unpaired) electrons. The van der Waals surface area contributed by atoms with E-state index in [2.05, 4.69) is 5.32 Å². The Kier molecular flexibility index (Phi) is 3.73. The molecule has 2 rings (SSSR count). The molecule has 0 saturated heterocycles. The van der Waals surface area contributed by atoms with Gasteiger partial charge < -0.3 is 5.32 Å². The summed E-state index contributed by atoms with van der Waals surface area (Å²) in [4.78, 5) is -0.111. The average Bonchev–Trinajstić information content (AvgIpc) is 2.37. The lowest BCUT2D eigenvalue weighted by atomic mass is 10.0. The Bertz CT molecular complexity index is 540. The van der Waals surface area contributed by atoms with E-state index in [9.17, 15) is 12.8 Å². The SMILES string of the molecule is CC(C)NC1CCCS(=O)(=O)c2c(F)cccc21. The summed E-state index contributed by atoms with van der Waals surface area (Å²) in [5, 5.41) is 3.31. The highest BCUT2D eigenvalue weighted by Crippen LogP contribution is 2.33. The molecule has 18 heavy (non-hydrogen) atoms. The summed E-state index contributed by atoms with van der Waals surface area (Å²) in [5.74, 6) is -0.609. The van der Waals surface area contributed by atoms with Crippen molar-refractivity contribution in [3.05, 3.63) is 29.6 Å². The van der Waals surface area contributed by atoms with E-state index in [1.54, 1.807) is 12.1 Å². The predicted molar refractivity (Wildman–Crippen MR) is 68.7 cm³/mol. The fourth-order valence-electron chi connectivity index (χ4n) is 2.44.